The molecule has 210 valence electrons. The zero-order chi connectivity index (χ0) is 29.5. The minimum Gasteiger partial charge on any atom is -0.317 e. The molecule has 8 aromatic rings. The number of hydrogen-bond donors (Lipinski definition) is 0. The second-order valence-corrected chi connectivity index (χ2v) is 11.8. The van der Waals surface area contributed by atoms with Crippen LogP contribution in [-0.2, 0) is 0 Å². The van der Waals surface area contributed by atoms with Crippen molar-refractivity contribution in [2.45, 2.75) is 6.04 Å². The Morgan fingerprint density at radius 1 is 0.600 bits per heavy atom. The third-order valence-corrected chi connectivity index (χ3v) is 9.48. The summed E-state index contributed by atoms with van der Waals surface area (Å²) in [6.07, 6.45) is 12.7. The van der Waals surface area contributed by atoms with Crippen LogP contribution in [0, 0.1) is 0 Å². The number of nitrogens with zero attached hydrogens (tertiary/aromatic N) is 4. The van der Waals surface area contributed by atoms with Gasteiger partial charge in [0.2, 0.25) is 17.1 Å². The summed E-state index contributed by atoms with van der Waals surface area (Å²) in [5.74, 6) is 0. The number of aromatic nitrogens is 3. The molecule has 4 heteroatoms. The Morgan fingerprint density at radius 3 is 2.29 bits per heavy atom. The van der Waals surface area contributed by atoms with Crippen LogP contribution >= 0.6 is 0 Å². The van der Waals surface area contributed by atoms with Crippen LogP contribution in [0.15, 0.2) is 158 Å². The summed E-state index contributed by atoms with van der Waals surface area (Å²) in [5.41, 5.74) is 12.0. The van der Waals surface area contributed by atoms with E-state index in [0.29, 0.717) is 0 Å². The summed E-state index contributed by atoms with van der Waals surface area (Å²) >= 11 is 0. The van der Waals surface area contributed by atoms with E-state index in [0.717, 1.165) is 16.8 Å². The average molecular weight is 576 g/mol. The molecular formula is C41H27N4+. The van der Waals surface area contributed by atoms with E-state index < -0.39 is 0 Å². The Bertz CT molecular complexity index is 2560. The van der Waals surface area contributed by atoms with Gasteiger partial charge in [-0.15, -0.1) is 0 Å². The third-order valence-electron chi connectivity index (χ3n) is 9.48. The number of para-hydroxylation sites is 3. The third kappa shape index (κ3) is 3.36. The van der Waals surface area contributed by atoms with E-state index in [-0.39, 0.29) is 6.04 Å². The Balaban J connectivity index is 1.30. The molecule has 1 aliphatic heterocycles. The number of fused-ring (bicyclic) bond motifs is 9. The van der Waals surface area contributed by atoms with E-state index in [1.165, 1.54) is 60.7 Å². The normalized spacial score (nSPS) is 15.5. The van der Waals surface area contributed by atoms with Crippen LogP contribution < -0.4 is 4.58 Å². The molecule has 1 unspecified atom stereocenters. The van der Waals surface area contributed by atoms with E-state index in [1.54, 1.807) is 0 Å². The van der Waals surface area contributed by atoms with Gasteiger partial charge in [-0.2, -0.15) is 4.58 Å². The monoisotopic (exact) mass is 575 g/mol. The Morgan fingerprint density at radius 2 is 1.42 bits per heavy atom. The molecule has 0 fully saturated rings. The van der Waals surface area contributed by atoms with E-state index >= 15 is 0 Å². The summed E-state index contributed by atoms with van der Waals surface area (Å²) in [6.45, 7) is 0. The van der Waals surface area contributed by atoms with Crippen molar-refractivity contribution in [2.24, 2.45) is 0 Å². The van der Waals surface area contributed by atoms with E-state index in [1.807, 2.05) is 18.5 Å². The fourth-order valence-electron chi connectivity index (χ4n) is 7.65. The lowest BCUT2D eigenvalue weighted by Gasteiger charge is -2.25. The van der Waals surface area contributed by atoms with Gasteiger partial charge < -0.3 is 9.13 Å². The van der Waals surface area contributed by atoms with Gasteiger partial charge in [-0.1, -0.05) is 78.9 Å². The van der Waals surface area contributed by atoms with Gasteiger partial charge in [0.05, 0.1) is 16.6 Å². The predicted molar refractivity (Wildman–Crippen MR) is 187 cm³/mol. The predicted octanol–water partition coefficient (Wildman–Crippen LogP) is 9.91. The van der Waals surface area contributed by atoms with Crippen molar-refractivity contribution in [3.8, 4) is 16.8 Å². The Labute approximate surface area is 259 Å². The first-order valence-electron chi connectivity index (χ1n) is 15.4. The molecule has 0 spiro atoms. The first-order chi connectivity index (χ1) is 22.4. The number of allylic oxidation sites excluding steroid dienone is 4. The van der Waals surface area contributed by atoms with Crippen LogP contribution in [0.4, 0.5) is 11.4 Å². The number of hydrogen-bond acceptors (Lipinski definition) is 1. The summed E-state index contributed by atoms with van der Waals surface area (Å²) < 4.78 is 7.46. The van der Waals surface area contributed by atoms with Gasteiger partial charge >= 0.3 is 0 Å². The van der Waals surface area contributed by atoms with Gasteiger partial charge in [0, 0.05) is 63.9 Å². The van der Waals surface area contributed by atoms with Crippen LogP contribution in [-0.4, -0.2) is 19.8 Å². The molecule has 5 aromatic carbocycles. The number of benzene rings is 5. The number of rotatable bonds is 3. The lowest BCUT2D eigenvalue weighted by atomic mass is 10.0. The molecule has 0 amide bonds. The van der Waals surface area contributed by atoms with Crippen molar-refractivity contribution < 1.29 is 0 Å². The smallest absolute Gasteiger partial charge is 0.235 e. The summed E-state index contributed by atoms with van der Waals surface area (Å²) in [5, 5.41) is 5.13. The second kappa shape index (κ2) is 9.25. The lowest BCUT2D eigenvalue weighted by Crippen LogP contribution is -2.30. The van der Waals surface area contributed by atoms with Gasteiger partial charge in [0.15, 0.2) is 0 Å². The highest BCUT2D eigenvalue weighted by Gasteiger charge is 2.38. The van der Waals surface area contributed by atoms with E-state index in [9.17, 15) is 0 Å². The molecule has 1 aliphatic carbocycles. The summed E-state index contributed by atoms with van der Waals surface area (Å²) in [7, 11) is 0. The molecule has 10 rings (SSSR count). The van der Waals surface area contributed by atoms with Crippen molar-refractivity contribution in [3.05, 3.63) is 158 Å². The molecule has 1 atom stereocenters. The minimum absolute atomic E-state index is 0.0485. The maximum Gasteiger partial charge on any atom is 0.235 e. The van der Waals surface area contributed by atoms with Crippen LogP contribution in [0.2, 0.25) is 0 Å². The maximum absolute atomic E-state index is 4.32. The van der Waals surface area contributed by atoms with Gasteiger partial charge in [0.1, 0.15) is 11.6 Å². The molecule has 45 heavy (non-hydrogen) atoms. The molecule has 0 saturated heterocycles. The Hall–Kier alpha value is -6.00. The molecule has 2 aliphatic rings. The molecule has 4 heterocycles. The highest BCUT2D eigenvalue weighted by molar-refractivity contribution is 6.28. The molecule has 3 aromatic heterocycles. The lowest BCUT2D eigenvalue weighted by molar-refractivity contribution is 0.783. The SMILES string of the molecule is C1=CC2=[N+](c3ccc(-c4cccnc4)cc3)c3cccc4c5ccc6c(c7ccccc7n6-c6ccccc6)c5n(c34)C2C=C1. The Kier molecular flexibility index (Phi) is 5.02. The van der Waals surface area contributed by atoms with Gasteiger partial charge in [-0.05, 0) is 53.6 Å². The number of pyridine rings is 1. The topological polar surface area (TPSA) is 25.8 Å². The van der Waals surface area contributed by atoms with Crippen LogP contribution in [0.5, 0.6) is 0 Å². The average Bonchev–Trinajstić information content (AvgIpc) is 3.63. The van der Waals surface area contributed by atoms with Crippen molar-refractivity contribution in [1.29, 1.82) is 0 Å². The van der Waals surface area contributed by atoms with Gasteiger partial charge in [-0.3, -0.25) is 4.98 Å². The molecular weight excluding hydrogens is 548 g/mol. The first kappa shape index (κ1) is 24.4. The zero-order valence-electron chi connectivity index (χ0n) is 24.4. The van der Waals surface area contributed by atoms with E-state index in [2.05, 4.69) is 158 Å². The van der Waals surface area contributed by atoms with E-state index in [4.69, 9.17) is 0 Å². The second-order valence-electron chi connectivity index (χ2n) is 11.8. The maximum atomic E-state index is 4.32. The van der Waals surface area contributed by atoms with Crippen LogP contribution in [0.3, 0.4) is 0 Å². The molecule has 0 saturated carbocycles. The van der Waals surface area contributed by atoms with Crippen LogP contribution in [0.1, 0.15) is 6.04 Å². The molecule has 0 bridgehead atoms. The fourth-order valence-corrected chi connectivity index (χ4v) is 7.65. The minimum atomic E-state index is 0.0485. The first-order valence-corrected chi connectivity index (χ1v) is 15.4. The fraction of sp³-hybridized carbons (Fsp3) is 0.0244. The van der Waals surface area contributed by atoms with Crippen molar-refractivity contribution >= 4 is 60.7 Å². The summed E-state index contributed by atoms with van der Waals surface area (Å²) in [4.78, 5) is 4.32. The van der Waals surface area contributed by atoms with Crippen molar-refractivity contribution in [2.75, 3.05) is 0 Å². The molecule has 0 N–H and O–H groups in total. The molecule has 0 radical (unpaired) electrons. The molecule has 4 nitrogen and oxygen atoms in total. The van der Waals surface area contributed by atoms with Gasteiger partial charge in [0.25, 0.3) is 0 Å². The standard InChI is InChI=1S/C41H27N4/c1-2-11-29(12-3-1)43-34-15-5-4-13-33(34)39-37(43)24-23-32-31-14-8-18-38-40(31)45(41(32)39)36-17-7-6-16-35(36)44(38)30-21-19-27(20-22-30)28-10-9-25-42-26-28/h1-26,36H/q+1. The van der Waals surface area contributed by atoms with Gasteiger partial charge in [-0.25, -0.2) is 0 Å². The highest BCUT2D eigenvalue weighted by Crippen LogP contribution is 2.47. The quantitative estimate of drug-likeness (QED) is 0.193. The highest BCUT2D eigenvalue weighted by atomic mass is 15.2. The van der Waals surface area contributed by atoms with Crippen molar-refractivity contribution in [3.63, 3.8) is 0 Å². The van der Waals surface area contributed by atoms with Crippen LogP contribution in [0.25, 0.3) is 60.4 Å². The summed E-state index contributed by atoms with van der Waals surface area (Å²) in [6, 6.07) is 44.0. The largest absolute Gasteiger partial charge is 0.317 e. The zero-order valence-corrected chi connectivity index (χ0v) is 24.4. The van der Waals surface area contributed by atoms with Crippen molar-refractivity contribution in [1.82, 2.24) is 18.7 Å².